The molecule has 2 aromatic heterocycles. The SMILES string of the molecule is Cc1ccsc1CN(C)Cc1sccc1Br. The second-order valence-corrected chi connectivity index (χ2v) is 6.75. The second kappa shape index (κ2) is 5.45. The van der Waals surface area contributed by atoms with Gasteiger partial charge in [0.05, 0.1) is 0 Å². The van der Waals surface area contributed by atoms with Crippen molar-refractivity contribution < 1.29 is 0 Å². The number of halogens is 1. The topological polar surface area (TPSA) is 3.24 Å². The van der Waals surface area contributed by atoms with E-state index >= 15 is 0 Å². The van der Waals surface area contributed by atoms with E-state index in [0.717, 1.165) is 13.1 Å². The Morgan fingerprint density at radius 1 is 1.12 bits per heavy atom. The summed E-state index contributed by atoms with van der Waals surface area (Å²) in [6.07, 6.45) is 0. The normalized spacial score (nSPS) is 11.2. The third kappa shape index (κ3) is 2.94. The summed E-state index contributed by atoms with van der Waals surface area (Å²) in [6.45, 7) is 4.23. The zero-order valence-corrected chi connectivity index (χ0v) is 12.6. The van der Waals surface area contributed by atoms with Crippen LogP contribution in [-0.2, 0) is 13.1 Å². The molecule has 1 nitrogen and oxygen atoms in total. The van der Waals surface area contributed by atoms with Gasteiger partial charge in [0, 0.05) is 27.3 Å². The highest BCUT2D eigenvalue weighted by Gasteiger charge is 2.08. The van der Waals surface area contributed by atoms with E-state index in [1.807, 2.05) is 22.7 Å². The molecule has 0 bridgehead atoms. The monoisotopic (exact) mass is 315 g/mol. The first-order chi connectivity index (χ1) is 7.66. The van der Waals surface area contributed by atoms with Gasteiger partial charge < -0.3 is 0 Å². The van der Waals surface area contributed by atoms with Crippen LogP contribution in [0.3, 0.4) is 0 Å². The number of aryl methyl sites for hydroxylation is 1. The van der Waals surface area contributed by atoms with E-state index in [4.69, 9.17) is 0 Å². The van der Waals surface area contributed by atoms with Gasteiger partial charge in [0.1, 0.15) is 0 Å². The van der Waals surface area contributed by atoms with Crippen LogP contribution in [0, 0.1) is 6.92 Å². The molecule has 0 saturated heterocycles. The predicted octanol–water partition coefficient (Wildman–Crippen LogP) is 4.51. The van der Waals surface area contributed by atoms with Gasteiger partial charge in [0.15, 0.2) is 0 Å². The molecule has 0 fully saturated rings. The first-order valence-corrected chi connectivity index (χ1v) is 7.65. The zero-order chi connectivity index (χ0) is 11.5. The molecule has 0 atom stereocenters. The maximum atomic E-state index is 3.57. The third-order valence-corrected chi connectivity index (χ3v) is 5.41. The van der Waals surface area contributed by atoms with Crippen molar-refractivity contribution >= 4 is 38.6 Å². The molecule has 0 amide bonds. The van der Waals surface area contributed by atoms with Gasteiger partial charge in [0.25, 0.3) is 0 Å². The summed E-state index contributed by atoms with van der Waals surface area (Å²) in [7, 11) is 2.17. The molecule has 2 aromatic rings. The molecule has 2 heterocycles. The van der Waals surface area contributed by atoms with Gasteiger partial charge in [-0.2, -0.15) is 0 Å². The highest BCUT2D eigenvalue weighted by molar-refractivity contribution is 9.10. The van der Waals surface area contributed by atoms with Crippen molar-refractivity contribution in [3.63, 3.8) is 0 Å². The first-order valence-electron chi connectivity index (χ1n) is 5.10. The molecule has 0 N–H and O–H groups in total. The molecule has 0 saturated carbocycles. The molecule has 2 rings (SSSR count). The van der Waals surface area contributed by atoms with Crippen LogP contribution in [0.25, 0.3) is 0 Å². The smallest absolute Gasteiger partial charge is 0.0340 e. The molecule has 0 spiro atoms. The fraction of sp³-hybridized carbons (Fsp3) is 0.333. The van der Waals surface area contributed by atoms with E-state index in [1.54, 1.807) is 0 Å². The van der Waals surface area contributed by atoms with Crippen LogP contribution in [0.15, 0.2) is 27.4 Å². The molecule has 0 aromatic carbocycles. The maximum Gasteiger partial charge on any atom is 0.0340 e. The van der Waals surface area contributed by atoms with E-state index in [2.05, 4.69) is 57.7 Å². The summed E-state index contributed by atoms with van der Waals surface area (Å²) < 4.78 is 1.23. The minimum atomic E-state index is 1.01. The van der Waals surface area contributed by atoms with Gasteiger partial charge in [-0.1, -0.05) is 0 Å². The van der Waals surface area contributed by atoms with E-state index in [1.165, 1.54) is 19.8 Å². The van der Waals surface area contributed by atoms with E-state index in [0.29, 0.717) is 0 Å². The second-order valence-electron chi connectivity index (χ2n) is 3.89. The average molecular weight is 316 g/mol. The van der Waals surface area contributed by atoms with Crippen molar-refractivity contribution in [3.05, 3.63) is 42.7 Å². The molecular weight excluding hydrogens is 302 g/mol. The Morgan fingerprint density at radius 3 is 2.31 bits per heavy atom. The van der Waals surface area contributed by atoms with Gasteiger partial charge in [-0.05, 0) is 58.4 Å². The quantitative estimate of drug-likeness (QED) is 0.802. The number of thiophene rings is 2. The number of rotatable bonds is 4. The minimum absolute atomic E-state index is 1.01. The highest BCUT2D eigenvalue weighted by atomic mass is 79.9. The van der Waals surface area contributed by atoms with Gasteiger partial charge >= 0.3 is 0 Å². The molecule has 0 aliphatic carbocycles. The Balaban J connectivity index is 1.97. The Kier molecular flexibility index (Phi) is 4.19. The average Bonchev–Trinajstić information content (AvgIpc) is 2.79. The van der Waals surface area contributed by atoms with Crippen LogP contribution in [0.2, 0.25) is 0 Å². The fourth-order valence-corrected chi connectivity index (χ4v) is 4.09. The van der Waals surface area contributed by atoms with Crippen molar-refractivity contribution in [3.8, 4) is 0 Å². The van der Waals surface area contributed by atoms with Gasteiger partial charge in [-0.25, -0.2) is 0 Å². The lowest BCUT2D eigenvalue weighted by atomic mass is 10.3. The van der Waals surface area contributed by atoms with E-state index < -0.39 is 0 Å². The molecule has 16 heavy (non-hydrogen) atoms. The van der Waals surface area contributed by atoms with Crippen LogP contribution in [0.4, 0.5) is 0 Å². The number of hydrogen-bond acceptors (Lipinski definition) is 3. The maximum absolute atomic E-state index is 3.57. The van der Waals surface area contributed by atoms with Crippen LogP contribution in [0.5, 0.6) is 0 Å². The van der Waals surface area contributed by atoms with Crippen molar-refractivity contribution in [2.45, 2.75) is 20.0 Å². The molecular formula is C12H14BrNS2. The van der Waals surface area contributed by atoms with Crippen molar-refractivity contribution in [1.29, 1.82) is 0 Å². The lowest BCUT2D eigenvalue weighted by molar-refractivity contribution is 0.324. The van der Waals surface area contributed by atoms with Gasteiger partial charge in [-0.3, -0.25) is 4.90 Å². The molecule has 0 radical (unpaired) electrons. The summed E-state index contributed by atoms with van der Waals surface area (Å²) in [4.78, 5) is 5.22. The third-order valence-electron chi connectivity index (χ3n) is 2.49. The predicted molar refractivity (Wildman–Crippen MR) is 76.2 cm³/mol. The van der Waals surface area contributed by atoms with E-state index in [9.17, 15) is 0 Å². The largest absolute Gasteiger partial charge is 0.296 e. The molecule has 0 aliphatic heterocycles. The van der Waals surface area contributed by atoms with Crippen molar-refractivity contribution in [1.82, 2.24) is 4.90 Å². The summed E-state index contributed by atoms with van der Waals surface area (Å²) >= 11 is 7.23. The lowest BCUT2D eigenvalue weighted by Crippen LogP contribution is -2.16. The fourth-order valence-electron chi connectivity index (χ4n) is 1.55. The van der Waals surface area contributed by atoms with E-state index in [-0.39, 0.29) is 0 Å². The highest BCUT2D eigenvalue weighted by Crippen LogP contribution is 2.25. The van der Waals surface area contributed by atoms with Crippen molar-refractivity contribution in [2.75, 3.05) is 7.05 Å². The summed E-state index contributed by atoms with van der Waals surface area (Å²) in [5, 5.41) is 4.29. The molecule has 86 valence electrons. The summed E-state index contributed by atoms with van der Waals surface area (Å²) in [5.74, 6) is 0. The molecule has 0 aliphatic rings. The zero-order valence-electron chi connectivity index (χ0n) is 9.37. The van der Waals surface area contributed by atoms with Crippen LogP contribution in [-0.4, -0.2) is 11.9 Å². The minimum Gasteiger partial charge on any atom is -0.296 e. The molecule has 4 heteroatoms. The first kappa shape index (κ1) is 12.3. The number of hydrogen-bond donors (Lipinski definition) is 0. The van der Waals surface area contributed by atoms with Crippen LogP contribution in [0.1, 0.15) is 15.3 Å². The van der Waals surface area contributed by atoms with Gasteiger partial charge in [-0.15, -0.1) is 22.7 Å². The van der Waals surface area contributed by atoms with Crippen molar-refractivity contribution in [2.24, 2.45) is 0 Å². The van der Waals surface area contributed by atoms with Crippen LogP contribution < -0.4 is 0 Å². The lowest BCUT2D eigenvalue weighted by Gasteiger charge is -2.15. The molecule has 0 unspecified atom stereocenters. The Morgan fingerprint density at radius 2 is 1.75 bits per heavy atom. The standard InChI is InChI=1S/C12H14BrNS2/c1-9-3-5-15-11(9)7-14(2)8-12-10(13)4-6-16-12/h3-6H,7-8H2,1-2H3. The Labute approximate surface area is 113 Å². The summed E-state index contributed by atoms with van der Waals surface area (Å²) in [5.41, 5.74) is 1.40. The Bertz CT molecular complexity index is 419. The number of nitrogens with zero attached hydrogens (tertiary/aromatic N) is 1. The Hall–Kier alpha value is -0.160. The van der Waals surface area contributed by atoms with Gasteiger partial charge in [0.2, 0.25) is 0 Å². The summed E-state index contributed by atoms with van der Waals surface area (Å²) in [6, 6.07) is 4.30. The van der Waals surface area contributed by atoms with Crippen LogP contribution >= 0.6 is 38.6 Å².